The maximum Gasteiger partial charge on any atom is 0.267 e. The van der Waals surface area contributed by atoms with Crippen LogP contribution in [0.15, 0.2) is 48.7 Å². The van der Waals surface area contributed by atoms with Crippen molar-refractivity contribution in [3.8, 4) is 5.75 Å². The number of aromatic nitrogens is 1. The SMILES string of the molecule is O=C(/C=C/c1ccc(NCCOc2ccc(F)cc2)nc1)NOC1CCCCO1. The summed E-state index contributed by atoms with van der Waals surface area (Å²) in [6.07, 6.45) is 7.13. The zero-order valence-corrected chi connectivity index (χ0v) is 16.0. The number of amides is 1. The first-order valence-electron chi connectivity index (χ1n) is 9.53. The highest BCUT2D eigenvalue weighted by Crippen LogP contribution is 2.13. The predicted molar refractivity (Wildman–Crippen MR) is 106 cm³/mol. The van der Waals surface area contributed by atoms with Gasteiger partial charge < -0.3 is 14.8 Å². The number of hydroxylamine groups is 1. The molecule has 2 aromatic rings. The minimum atomic E-state index is -0.375. The quantitative estimate of drug-likeness (QED) is 0.381. The number of carbonyl (C=O) groups excluding carboxylic acids is 1. The standard InChI is InChI=1S/C21H24FN3O4/c22-17-6-8-18(9-7-17)27-14-12-23-19-10-4-16(15-24-19)5-11-20(26)25-29-21-3-1-2-13-28-21/h4-11,15,21H,1-3,12-14H2,(H,23,24)(H,25,26)/b11-5+. The van der Waals surface area contributed by atoms with Crippen LogP contribution in [0, 0.1) is 5.82 Å². The zero-order chi connectivity index (χ0) is 20.3. The number of nitrogens with one attached hydrogen (secondary N) is 2. The highest BCUT2D eigenvalue weighted by molar-refractivity contribution is 5.90. The first-order chi connectivity index (χ1) is 14.2. The first-order valence-corrected chi connectivity index (χ1v) is 9.53. The van der Waals surface area contributed by atoms with E-state index in [1.54, 1.807) is 24.4 Å². The lowest BCUT2D eigenvalue weighted by Gasteiger charge is -2.21. The fourth-order valence-corrected chi connectivity index (χ4v) is 2.62. The van der Waals surface area contributed by atoms with Crippen LogP contribution in [-0.2, 0) is 14.4 Å². The third-order valence-corrected chi connectivity index (χ3v) is 4.13. The average Bonchev–Trinajstić information content (AvgIpc) is 2.76. The second-order valence-electron chi connectivity index (χ2n) is 6.42. The summed E-state index contributed by atoms with van der Waals surface area (Å²) in [4.78, 5) is 21.3. The Labute approximate surface area is 168 Å². The summed E-state index contributed by atoms with van der Waals surface area (Å²) in [5.41, 5.74) is 3.15. The molecule has 1 aromatic carbocycles. The van der Waals surface area contributed by atoms with E-state index in [1.807, 2.05) is 12.1 Å². The summed E-state index contributed by atoms with van der Waals surface area (Å²) in [7, 11) is 0. The molecule has 0 radical (unpaired) electrons. The lowest BCUT2D eigenvalue weighted by Crippen LogP contribution is -2.32. The van der Waals surface area contributed by atoms with Gasteiger partial charge in [-0.15, -0.1) is 0 Å². The summed E-state index contributed by atoms with van der Waals surface area (Å²) < 4.78 is 23.7. The topological polar surface area (TPSA) is 81.7 Å². The van der Waals surface area contributed by atoms with Crippen molar-refractivity contribution < 1.29 is 23.5 Å². The van der Waals surface area contributed by atoms with Gasteiger partial charge in [-0.25, -0.2) is 19.7 Å². The molecule has 3 rings (SSSR count). The van der Waals surface area contributed by atoms with Crippen molar-refractivity contribution in [3.05, 3.63) is 60.1 Å². The van der Waals surface area contributed by atoms with Crippen molar-refractivity contribution in [2.45, 2.75) is 25.6 Å². The highest BCUT2D eigenvalue weighted by Gasteiger charge is 2.14. The van der Waals surface area contributed by atoms with Crippen LogP contribution >= 0.6 is 0 Å². The molecule has 2 N–H and O–H groups in total. The van der Waals surface area contributed by atoms with Gasteiger partial charge in [0.25, 0.3) is 5.91 Å². The number of hydrogen-bond donors (Lipinski definition) is 2. The van der Waals surface area contributed by atoms with Gasteiger partial charge in [0.15, 0.2) is 6.29 Å². The molecule has 7 nitrogen and oxygen atoms in total. The molecular weight excluding hydrogens is 377 g/mol. The van der Waals surface area contributed by atoms with Crippen LogP contribution in [0.5, 0.6) is 5.75 Å². The largest absolute Gasteiger partial charge is 0.492 e. The van der Waals surface area contributed by atoms with E-state index in [9.17, 15) is 9.18 Å². The van der Waals surface area contributed by atoms with Crippen molar-refractivity contribution in [2.75, 3.05) is 25.1 Å². The van der Waals surface area contributed by atoms with E-state index in [4.69, 9.17) is 14.3 Å². The molecule has 0 aliphatic carbocycles. The van der Waals surface area contributed by atoms with E-state index in [1.165, 1.54) is 18.2 Å². The monoisotopic (exact) mass is 401 g/mol. The molecule has 1 saturated heterocycles. The number of carbonyl (C=O) groups is 1. The van der Waals surface area contributed by atoms with Crippen LogP contribution in [0.2, 0.25) is 0 Å². The second kappa shape index (κ2) is 11.1. The van der Waals surface area contributed by atoms with Crippen LogP contribution in [0.3, 0.4) is 0 Å². The fraction of sp³-hybridized carbons (Fsp3) is 0.333. The molecule has 154 valence electrons. The highest BCUT2D eigenvalue weighted by atomic mass is 19.1. The van der Waals surface area contributed by atoms with E-state index < -0.39 is 0 Å². The predicted octanol–water partition coefficient (Wildman–Crippen LogP) is 3.30. The summed E-state index contributed by atoms with van der Waals surface area (Å²) in [5, 5.41) is 3.13. The third kappa shape index (κ3) is 7.52. The number of halogens is 1. The van der Waals surface area contributed by atoms with Gasteiger partial charge >= 0.3 is 0 Å². The van der Waals surface area contributed by atoms with Crippen LogP contribution in [0.25, 0.3) is 6.08 Å². The number of rotatable bonds is 9. The van der Waals surface area contributed by atoms with Gasteiger partial charge in [0, 0.05) is 25.3 Å². The van der Waals surface area contributed by atoms with E-state index in [0.717, 1.165) is 24.8 Å². The Morgan fingerprint density at radius 1 is 1.24 bits per heavy atom. The first kappa shape index (κ1) is 20.8. The van der Waals surface area contributed by atoms with Gasteiger partial charge in [-0.1, -0.05) is 0 Å². The Hall–Kier alpha value is -2.97. The van der Waals surface area contributed by atoms with Gasteiger partial charge in [0.2, 0.25) is 0 Å². The fourth-order valence-electron chi connectivity index (χ4n) is 2.62. The van der Waals surface area contributed by atoms with Gasteiger partial charge in [0.05, 0.1) is 6.54 Å². The Bertz CT molecular complexity index is 791. The molecule has 0 saturated carbocycles. The van der Waals surface area contributed by atoms with Crippen molar-refractivity contribution in [1.82, 2.24) is 10.5 Å². The molecule has 1 amide bonds. The van der Waals surface area contributed by atoms with Crippen molar-refractivity contribution in [2.24, 2.45) is 0 Å². The molecule has 0 bridgehead atoms. The molecule has 8 heteroatoms. The molecule has 1 unspecified atom stereocenters. The number of anilines is 1. The van der Waals surface area contributed by atoms with Crippen LogP contribution in [0.1, 0.15) is 24.8 Å². The van der Waals surface area contributed by atoms with E-state index >= 15 is 0 Å². The normalized spacial score (nSPS) is 16.5. The maximum atomic E-state index is 12.8. The number of benzene rings is 1. The van der Waals surface area contributed by atoms with E-state index in [0.29, 0.717) is 31.3 Å². The average molecular weight is 401 g/mol. The van der Waals surface area contributed by atoms with Crippen molar-refractivity contribution >= 4 is 17.8 Å². The summed E-state index contributed by atoms with van der Waals surface area (Å²) in [5.74, 6) is 0.641. The number of nitrogens with zero attached hydrogens (tertiary/aromatic N) is 1. The summed E-state index contributed by atoms with van der Waals surface area (Å²) in [6.45, 7) is 1.61. The summed E-state index contributed by atoms with van der Waals surface area (Å²) in [6, 6.07) is 9.52. The van der Waals surface area contributed by atoms with E-state index in [-0.39, 0.29) is 18.0 Å². The van der Waals surface area contributed by atoms with Gasteiger partial charge in [0.1, 0.15) is 24.0 Å². The van der Waals surface area contributed by atoms with Gasteiger partial charge in [-0.2, -0.15) is 0 Å². The molecular formula is C21H24FN3O4. The second-order valence-corrected chi connectivity index (χ2v) is 6.42. The summed E-state index contributed by atoms with van der Waals surface area (Å²) >= 11 is 0. The zero-order valence-electron chi connectivity index (χ0n) is 16.0. The molecule has 2 heterocycles. The van der Waals surface area contributed by atoms with Crippen LogP contribution < -0.4 is 15.5 Å². The van der Waals surface area contributed by atoms with E-state index in [2.05, 4.69) is 15.8 Å². The van der Waals surface area contributed by atoms with Gasteiger partial charge in [-0.3, -0.25) is 4.79 Å². The van der Waals surface area contributed by atoms with Crippen LogP contribution in [-0.4, -0.2) is 36.9 Å². The smallest absolute Gasteiger partial charge is 0.267 e. The number of pyridine rings is 1. The molecule has 0 spiro atoms. The number of hydrogen-bond acceptors (Lipinski definition) is 6. The van der Waals surface area contributed by atoms with Crippen molar-refractivity contribution in [3.63, 3.8) is 0 Å². The lowest BCUT2D eigenvalue weighted by atomic mass is 10.2. The minimum absolute atomic E-state index is 0.294. The van der Waals surface area contributed by atoms with Crippen molar-refractivity contribution in [1.29, 1.82) is 0 Å². The minimum Gasteiger partial charge on any atom is -0.492 e. The number of ether oxygens (including phenoxy) is 2. The maximum absolute atomic E-state index is 12.8. The molecule has 1 aliphatic rings. The Morgan fingerprint density at radius 2 is 2.10 bits per heavy atom. The Balaban J connectivity index is 1.34. The molecule has 29 heavy (non-hydrogen) atoms. The Morgan fingerprint density at radius 3 is 2.83 bits per heavy atom. The third-order valence-electron chi connectivity index (χ3n) is 4.13. The van der Waals surface area contributed by atoms with Crippen LogP contribution in [0.4, 0.5) is 10.2 Å². The molecule has 1 aromatic heterocycles. The Kier molecular flexibility index (Phi) is 7.97. The van der Waals surface area contributed by atoms with Gasteiger partial charge in [-0.05, 0) is 60.9 Å². The molecule has 1 atom stereocenters. The molecule has 1 aliphatic heterocycles. The molecule has 1 fully saturated rings. The lowest BCUT2D eigenvalue weighted by molar-refractivity contribution is -0.198.